The summed E-state index contributed by atoms with van der Waals surface area (Å²) in [5, 5.41) is 8.12. The standard InChI is InChI=1S/C19H26N4.C6H12/c1-4-23-9-5-6-17(13-23)21-15(3)20-12-18-11-16-10-14(2)7-8-19(16)22-18;1-2-6-4-3-5-6/h4,7-8,10-11,17,20-22H,1,3,5-6,9,12-13H2,2H3;6H,2-5H2,1H3. The van der Waals surface area contributed by atoms with Crippen LogP contribution in [-0.2, 0) is 6.54 Å². The van der Waals surface area contributed by atoms with E-state index < -0.39 is 0 Å². The minimum atomic E-state index is 0.437. The number of piperidine rings is 1. The van der Waals surface area contributed by atoms with Gasteiger partial charge in [0.15, 0.2) is 0 Å². The molecule has 1 aromatic heterocycles. The molecule has 158 valence electrons. The highest BCUT2D eigenvalue weighted by atomic mass is 15.2. The van der Waals surface area contributed by atoms with Gasteiger partial charge in [-0.05, 0) is 55.5 Å². The van der Waals surface area contributed by atoms with Crippen molar-refractivity contribution in [2.75, 3.05) is 13.1 Å². The molecule has 1 aliphatic heterocycles. The molecule has 1 atom stereocenters. The molecule has 4 heteroatoms. The van der Waals surface area contributed by atoms with Crippen LogP contribution in [0.3, 0.4) is 0 Å². The topological polar surface area (TPSA) is 43.1 Å². The minimum absolute atomic E-state index is 0.437. The van der Waals surface area contributed by atoms with Crippen LogP contribution in [0.5, 0.6) is 0 Å². The van der Waals surface area contributed by atoms with Crippen molar-refractivity contribution in [3.63, 3.8) is 0 Å². The van der Waals surface area contributed by atoms with Gasteiger partial charge >= 0.3 is 0 Å². The Morgan fingerprint density at radius 2 is 2.07 bits per heavy atom. The first-order valence-corrected chi connectivity index (χ1v) is 11.2. The molecule has 0 radical (unpaired) electrons. The monoisotopic (exact) mass is 394 g/mol. The normalized spacial score (nSPS) is 19.1. The number of fused-ring (bicyclic) bond motifs is 1. The summed E-state index contributed by atoms with van der Waals surface area (Å²) < 4.78 is 0. The van der Waals surface area contributed by atoms with Gasteiger partial charge in [0.2, 0.25) is 0 Å². The summed E-state index contributed by atoms with van der Waals surface area (Å²) in [6.45, 7) is 15.2. The van der Waals surface area contributed by atoms with E-state index >= 15 is 0 Å². The molecule has 1 saturated carbocycles. The Morgan fingerprint density at radius 3 is 2.72 bits per heavy atom. The smallest absolute Gasteiger partial charge is 0.0918 e. The van der Waals surface area contributed by atoms with E-state index in [1.807, 2.05) is 6.20 Å². The average Bonchev–Trinajstić information content (AvgIpc) is 3.08. The van der Waals surface area contributed by atoms with E-state index in [0.29, 0.717) is 6.04 Å². The maximum atomic E-state index is 4.10. The summed E-state index contributed by atoms with van der Waals surface area (Å²) in [5.41, 5.74) is 3.64. The number of rotatable bonds is 7. The van der Waals surface area contributed by atoms with Crippen LogP contribution in [0.25, 0.3) is 10.9 Å². The van der Waals surface area contributed by atoms with Crippen molar-refractivity contribution < 1.29 is 0 Å². The minimum Gasteiger partial charge on any atom is -0.376 e. The third-order valence-corrected chi connectivity index (χ3v) is 6.22. The first-order valence-electron chi connectivity index (χ1n) is 11.2. The molecule has 0 bridgehead atoms. The number of likely N-dealkylation sites (tertiary alicyclic amines) is 1. The van der Waals surface area contributed by atoms with E-state index in [2.05, 4.69) is 71.8 Å². The van der Waals surface area contributed by atoms with E-state index in [4.69, 9.17) is 0 Å². The first-order chi connectivity index (χ1) is 14.1. The lowest BCUT2D eigenvalue weighted by atomic mass is 9.84. The van der Waals surface area contributed by atoms with Gasteiger partial charge in [0, 0.05) is 30.3 Å². The van der Waals surface area contributed by atoms with Gasteiger partial charge in [-0.3, -0.25) is 0 Å². The molecule has 0 spiro atoms. The zero-order valence-corrected chi connectivity index (χ0v) is 18.3. The largest absolute Gasteiger partial charge is 0.376 e. The Balaban J connectivity index is 0.000000343. The highest BCUT2D eigenvalue weighted by Crippen LogP contribution is 2.28. The molecule has 2 aliphatic rings. The van der Waals surface area contributed by atoms with Crippen molar-refractivity contribution in [2.45, 2.75) is 65.0 Å². The molecule has 4 nitrogen and oxygen atoms in total. The number of nitrogens with one attached hydrogen (secondary N) is 3. The van der Waals surface area contributed by atoms with Crippen molar-refractivity contribution >= 4 is 10.9 Å². The van der Waals surface area contributed by atoms with Crippen LogP contribution in [0, 0.1) is 12.8 Å². The van der Waals surface area contributed by atoms with Crippen LogP contribution < -0.4 is 10.6 Å². The molecule has 1 aromatic carbocycles. The molecule has 1 unspecified atom stereocenters. The number of benzene rings is 1. The number of nitrogens with zero attached hydrogens (tertiary/aromatic N) is 1. The van der Waals surface area contributed by atoms with Crippen LogP contribution in [0.4, 0.5) is 0 Å². The molecule has 29 heavy (non-hydrogen) atoms. The molecule has 2 aromatic rings. The molecule has 2 fully saturated rings. The average molecular weight is 395 g/mol. The van der Waals surface area contributed by atoms with Crippen molar-refractivity contribution in [1.29, 1.82) is 0 Å². The van der Waals surface area contributed by atoms with Crippen molar-refractivity contribution in [3.05, 3.63) is 60.7 Å². The third-order valence-electron chi connectivity index (χ3n) is 6.22. The molecule has 0 amide bonds. The molecule has 2 heterocycles. The number of hydrogen-bond acceptors (Lipinski definition) is 3. The number of hydrogen-bond donors (Lipinski definition) is 3. The second-order valence-corrected chi connectivity index (χ2v) is 8.58. The predicted octanol–water partition coefficient (Wildman–Crippen LogP) is 5.43. The second kappa shape index (κ2) is 10.4. The maximum Gasteiger partial charge on any atom is 0.0918 e. The fourth-order valence-corrected chi connectivity index (χ4v) is 4.10. The lowest BCUT2D eigenvalue weighted by Crippen LogP contribution is -2.44. The number of aryl methyl sites for hydroxylation is 1. The van der Waals surface area contributed by atoms with E-state index in [1.165, 1.54) is 60.7 Å². The zero-order chi connectivity index (χ0) is 20.6. The van der Waals surface area contributed by atoms with Crippen LogP contribution in [0.1, 0.15) is 56.7 Å². The fraction of sp³-hybridized carbons (Fsp3) is 0.520. The lowest BCUT2D eigenvalue weighted by molar-refractivity contribution is 0.259. The summed E-state index contributed by atoms with van der Waals surface area (Å²) in [4.78, 5) is 5.70. The van der Waals surface area contributed by atoms with Gasteiger partial charge in [-0.15, -0.1) is 0 Å². The van der Waals surface area contributed by atoms with Crippen LogP contribution >= 0.6 is 0 Å². The number of aromatic nitrogens is 1. The summed E-state index contributed by atoms with van der Waals surface area (Å²) in [7, 11) is 0. The van der Waals surface area contributed by atoms with Gasteiger partial charge in [0.25, 0.3) is 0 Å². The van der Waals surface area contributed by atoms with Gasteiger partial charge in [0.1, 0.15) is 0 Å². The van der Waals surface area contributed by atoms with Gasteiger partial charge < -0.3 is 20.5 Å². The first kappa shape index (κ1) is 21.4. The van der Waals surface area contributed by atoms with E-state index in [9.17, 15) is 0 Å². The number of H-pyrrole nitrogens is 1. The fourth-order valence-electron chi connectivity index (χ4n) is 4.10. The van der Waals surface area contributed by atoms with Crippen molar-refractivity contribution in [1.82, 2.24) is 20.5 Å². The Kier molecular flexibility index (Phi) is 7.68. The SMILES string of the molecule is C=CN1CCCC(NC(=C)NCc2cc3cc(C)ccc3[nH]2)C1.CCC1CCC1. The van der Waals surface area contributed by atoms with Crippen LogP contribution in [-0.4, -0.2) is 29.0 Å². The quantitative estimate of drug-likeness (QED) is 0.586. The second-order valence-electron chi connectivity index (χ2n) is 8.58. The van der Waals surface area contributed by atoms with Crippen molar-refractivity contribution in [2.24, 2.45) is 5.92 Å². The van der Waals surface area contributed by atoms with Crippen LogP contribution in [0.15, 0.2) is 49.4 Å². The highest BCUT2D eigenvalue weighted by molar-refractivity contribution is 5.81. The molecule has 1 saturated heterocycles. The predicted molar refractivity (Wildman–Crippen MR) is 125 cm³/mol. The van der Waals surface area contributed by atoms with E-state index in [0.717, 1.165) is 31.4 Å². The summed E-state index contributed by atoms with van der Waals surface area (Å²) in [6, 6.07) is 9.10. The van der Waals surface area contributed by atoms with E-state index in [-0.39, 0.29) is 0 Å². The molecular weight excluding hydrogens is 356 g/mol. The maximum absolute atomic E-state index is 4.10. The Hall–Kier alpha value is -2.36. The van der Waals surface area contributed by atoms with Crippen LogP contribution in [0.2, 0.25) is 0 Å². The summed E-state index contributed by atoms with van der Waals surface area (Å²) >= 11 is 0. The summed E-state index contributed by atoms with van der Waals surface area (Å²) in [5.74, 6) is 2.00. The van der Waals surface area contributed by atoms with Gasteiger partial charge in [-0.1, -0.05) is 57.4 Å². The molecule has 1 aliphatic carbocycles. The number of aromatic amines is 1. The highest BCUT2D eigenvalue weighted by Gasteiger charge is 2.17. The molecule has 4 rings (SSSR count). The zero-order valence-electron chi connectivity index (χ0n) is 18.3. The molecule has 3 N–H and O–H groups in total. The Morgan fingerprint density at radius 1 is 1.24 bits per heavy atom. The van der Waals surface area contributed by atoms with Gasteiger partial charge in [-0.25, -0.2) is 0 Å². The Labute approximate surface area is 176 Å². The van der Waals surface area contributed by atoms with Gasteiger partial charge in [-0.2, -0.15) is 0 Å². The van der Waals surface area contributed by atoms with Crippen molar-refractivity contribution in [3.8, 4) is 0 Å². The third kappa shape index (κ3) is 6.31. The molecular formula is C25H38N4. The summed E-state index contributed by atoms with van der Waals surface area (Å²) in [6.07, 6.45) is 10.2. The Bertz CT molecular complexity index is 800. The van der Waals surface area contributed by atoms with Gasteiger partial charge in [0.05, 0.1) is 12.4 Å². The van der Waals surface area contributed by atoms with E-state index in [1.54, 1.807) is 0 Å². The lowest BCUT2D eigenvalue weighted by Gasteiger charge is -2.33.